The van der Waals surface area contributed by atoms with E-state index in [2.05, 4.69) is 23.6 Å². The van der Waals surface area contributed by atoms with Gasteiger partial charge in [-0.25, -0.2) is 4.79 Å². The molecule has 4 heteroatoms. The first-order valence-electron chi connectivity index (χ1n) is 6.97. The Morgan fingerprint density at radius 3 is 2.68 bits per heavy atom. The van der Waals surface area contributed by atoms with E-state index in [9.17, 15) is 4.79 Å². The van der Waals surface area contributed by atoms with Crippen LogP contribution in [0.1, 0.15) is 48.9 Å². The van der Waals surface area contributed by atoms with Gasteiger partial charge in [0.25, 0.3) is 0 Å². The van der Waals surface area contributed by atoms with Crippen molar-refractivity contribution in [3.8, 4) is 0 Å². The van der Waals surface area contributed by atoms with Crippen molar-refractivity contribution in [1.29, 1.82) is 0 Å². The topological polar surface area (TPSA) is 42.7 Å². The number of ether oxygens (including phenoxy) is 1. The van der Waals surface area contributed by atoms with Gasteiger partial charge in [-0.3, -0.25) is 4.90 Å². The van der Waals surface area contributed by atoms with Gasteiger partial charge in [0, 0.05) is 6.04 Å². The normalized spacial score (nSPS) is 23.6. The number of furan rings is 1. The van der Waals surface area contributed by atoms with Crippen LogP contribution in [0.5, 0.6) is 0 Å². The number of methoxy groups -OCH3 is 1. The van der Waals surface area contributed by atoms with Crippen molar-refractivity contribution < 1.29 is 13.9 Å². The standard InChI is InChI=1S/C15H23NO3/c1-11-4-6-12(7-5-11)16(2)10-13-8-9-14(19-13)15(17)18-3/h8-9,11-12H,4-7,10H2,1-3H3. The van der Waals surface area contributed by atoms with Crippen LogP contribution in [0.4, 0.5) is 0 Å². The lowest BCUT2D eigenvalue weighted by molar-refractivity contribution is 0.0560. The fourth-order valence-electron chi connectivity index (χ4n) is 2.73. The molecule has 1 aliphatic carbocycles. The van der Waals surface area contributed by atoms with E-state index in [0.717, 1.165) is 18.2 Å². The summed E-state index contributed by atoms with van der Waals surface area (Å²) < 4.78 is 10.1. The second-order valence-corrected chi connectivity index (χ2v) is 5.59. The minimum absolute atomic E-state index is 0.281. The molecule has 0 aliphatic heterocycles. The average molecular weight is 265 g/mol. The highest BCUT2D eigenvalue weighted by molar-refractivity contribution is 5.86. The third kappa shape index (κ3) is 3.60. The molecule has 0 amide bonds. The van der Waals surface area contributed by atoms with Crippen molar-refractivity contribution in [2.45, 2.75) is 45.2 Å². The van der Waals surface area contributed by atoms with Crippen molar-refractivity contribution in [1.82, 2.24) is 4.90 Å². The molecule has 1 fully saturated rings. The SMILES string of the molecule is COC(=O)c1ccc(CN(C)C2CCC(C)CC2)o1. The maximum Gasteiger partial charge on any atom is 0.373 e. The van der Waals surface area contributed by atoms with Crippen molar-refractivity contribution in [2.24, 2.45) is 5.92 Å². The van der Waals surface area contributed by atoms with Crippen LogP contribution in [0.15, 0.2) is 16.5 Å². The molecular formula is C15H23NO3. The zero-order valence-corrected chi connectivity index (χ0v) is 12.0. The third-order valence-corrected chi connectivity index (χ3v) is 4.06. The largest absolute Gasteiger partial charge is 0.463 e. The number of esters is 1. The van der Waals surface area contributed by atoms with Crippen LogP contribution >= 0.6 is 0 Å². The molecule has 1 aromatic heterocycles. The zero-order chi connectivity index (χ0) is 13.8. The van der Waals surface area contributed by atoms with Gasteiger partial charge in [-0.05, 0) is 50.8 Å². The molecule has 2 rings (SSSR count). The van der Waals surface area contributed by atoms with Crippen LogP contribution < -0.4 is 0 Å². The molecule has 106 valence electrons. The van der Waals surface area contributed by atoms with Crippen LogP contribution in [0, 0.1) is 5.92 Å². The molecule has 0 atom stereocenters. The Balaban J connectivity index is 1.89. The van der Waals surface area contributed by atoms with Crippen LogP contribution in [0.3, 0.4) is 0 Å². The molecule has 1 aliphatic rings. The van der Waals surface area contributed by atoms with E-state index in [1.54, 1.807) is 6.07 Å². The monoisotopic (exact) mass is 265 g/mol. The van der Waals surface area contributed by atoms with Gasteiger partial charge in [0.2, 0.25) is 5.76 Å². The summed E-state index contributed by atoms with van der Waals surface area (Å²) in [5, 5.41) is 0. The number of nitrogens with zero attached hydrogens (tertiary/aromatic N) is 1. The predicted molar refractivity (Wildman–Crippen MR) is 72.9 cm³/mol. The minimum atomic E-state index is -0.416. The fourth-order valence-corrected chi connectivity index (χ4v) is 2.73. The van der Waals surface area contributed by atoms with Gasteiger partial charge in [-0.1, -0.05) is 6.92 Å². The van der Waals surface area contributed by atoms with E-state index >= 15 is 0 Å². The number of hydrogen-bond acceptors (Lipinski definition) is 4. The van der Waals surface area contributed by atoms with Gasteiger partial charge in [0.15, 0.2) is 0 Å². The highest BCUT2D eigenvalue weighted by Crippen LogP contribution is 2.27. The summed E-state index contributed by atoms with van der Waals surface area (Å²) in [7, 11) is 3.49. The van der Waals surface area contributed by atoms with E-state index in [-0.39, 0.29) is 5.76 Å². The lowest BCUT2D eigenvalue weighted by Crippen LogP contribution is -2.34. The molecule has 0 bridgehead atoms. The first kappa shape index (κ1) is 14.1. The van der Waals surface area contributed by atoms with Gasteiger partial charge in [0.05, 0.1) is 13.7 Å². The number of carbonyl (C=O) groups excluding carboxylic acids is 1. The van der Waals surface area contributed by atoms with Gasteiger partial charge >= 0.3 is 5.97 Å². The second-order valence-electron chi connectivity index (χ2n) is 5.59. The molecule has 1 heterocycles. The fraction of sp³-hybridized carbons (Fsp3) is 0.667. The lowest BCUT2D eigenvalue weighted by atomic mass is 9.87. The van der Waals surface area contributed by atoms with Crippen molar-refractivity contribution in [3.05, 3.63) is 23.7 Å². The van der Waals surface area contributed by atoms with Crippen LogP contribution in [0.2, 0.25) is 0 Å². The number of hydrogen-bond donors (Lipinski definition) is 0. The third-order valence-electron chi connectivity index (χ3n) is 4.06. The van der Waals surface area contributed by atoms with E-state index in [1.165, 1.54) is 32.8 Å². The Morgan fingerprint density at radius 2 is 2.05 bits per heavy atom. The molecule has 0 radical (unpaired) electrons. The van der Waals surface area contributed by atoms with Crippen molar-refractivity contribution in [2.75, 3.05) is 14.2 Å². The summed E-state index contributed by atoms with van der Waals surface area (Å²) in [5.41, 5.74) is 0. The summed E-state index contributed by atoms with van der Waals surface area (Å²) in [4.78, 5) is 13.6. The van der Waals surface area contributed by atoms with E-state index < -0.39 is 5.97 Å². The summed E-state index contributed by atoms with van der Waals surface area (Å²) in [6.45, 7) is 3.07. The molecule has 19 heavy (non-hydrogen) atoms. The molecular weight excluding hydrogens is 242 g/mol. The molecule has 1 saturated carbocycles. The average Bonchev–Trinajstić information content (AvgIpc) is 2.87. The van der Waals surface area contributed by atoms with E-state index in [4.69, 9.17) is 4.42 Å². The smallest absolute Gasteiger partial charge is 0.373 e. The predicted octanol–water partition coefficient (Wildman–Crippen LogP) is 3.08. The van der Waals surface area contributed by atoms with Gasteiger partial charge in [-0.2, -0.15) is 0 Å². The first-order chi connectivity index (χ1) is 9.10. The van der Waals surface area contributed by atoms with Crippen LogP contribution in [-0.2, 0) is 11.3 Å². The Hall–Kier alpha value is -1.29. The van der Waals surface area contributed by atoms with Crippen molar-refractivity contribution >= 4 is 5.97 Å². The molecule has 0 spiro atoms. The van der Waals surface area contributed by atoms with E-state index in [0.29, 0.717) is 6.04 Å². The molecule has 0 aromatic carbocycles. The maximum absolute atomic E-state index is 11.3. The van der Waals surface area contributed by atoms with Gasteiger partial charge < -0.3 is 9.15 Å². The summed E-state index contributed by atoms with van der Waals surface area (Å²) >= 11 is 0. The lowest BCUT2D eigenvalue weighted by Gasteiger charge is -2.33. The quantitative estimate of drug-likeness (QED) is 0.785. The number of rotatable bonds is 4. The summed E-state index contributed by atoms with van der Waals surface area (Å²) in [5.74, 6) is 1.55. The Bertz CT molecular complexity index is 419. The maximum atomic E-state index is 11.3. The molecule has 0 N–H and O–H groups in total. The zero-order valence-electron chi connectivity index (χ0n) is 12.0. The highest BCUT2D eigenvalue weighted by Gasteiger charge is 2.22. The Morgan fingerprint density at radius 1 is 1.37 bits per heavy atom. The highest BCUT2D eigenvalue weighted by atomic mass is 16.5. The van der Waals surface area contributed by atoms with Crippen LogP contribution in [0.25, 0.3) is 0 Å². The van der Waals surface area contributed by atoms with Crippen molar-refractivity contribution in [3.63, 3.8) is 0 Å². The molecule has 0 saturated heterocycles. The van der Waals surface area contributed by atoms with Gasteiger partial charge in [0.1, 0.15) is 5.76 Å². The first-order valence-corrected chi connectivity index (χ1v) is 6.97. The molecule has 4 nitrogen and oxygen atoms in total. The molecule has 0 unspecified atom stereocenters. The Kier molecular flexibility index (Phi) is 4.64. The Labute approximate surface area is 114 Å². The number of carbonyl (C=O) groups is 1. The van der Waals surface area contributed by atoms with Gasteiger partial charge in [-0.15, -0.1) is 0 Å². The summed E-state index contributed by atoms with van der Waals surface area (Å²) in [6, 6.07) is 4.16. The minimum Gasteiger partial charge on any atom is -0.463 e. The van der Waals surface area contributed by atoms with E-state index in [1.807, 2.05) is 6.07 Å². The van der Waals surface area contributed by atoms with Crippen LogP contribution in [-0.4, -0.2) is 31.1 Å². The molecule has 1 aromatic rings. The summed E-state index contributed by atoms with van der Waals surface area (Å²) in [6.07, 6.45) is 5.12. The second kappa shape index (κ2) is 6.24.